The van der Waals surface area contributed by atoms with Crippen molar-refractivity contribution in [3.8, 4) is 0 Å². The molecule has 2 N–H and O–H groups in total. The van der Waals surface area contributed by atoms with Crippen molar-refractivity contribution in [2.75, 3.05) is 0 Å². The number of hydrogen-bond acceptors (Lipinski definition) is 2. The Labute approximate surface area is 111 Å². The number of rotatable bonds is 2. The van der Waals surface area contributed by atoms with Crippen LogP contribution in [0, 0.1) is 6.92 Å². The van der Waals surface area contributed by atoms with Crippen LogP contribution in [0.5, 0.6) is 0 Å². The Balaban J connectivity index is 2.18. The molecule has 0 saturated heterocycles. The van der Waals surface area contributed by atoms with E-state index >= 15 is 0 Å². The monoisotopic (exact) mass is 253 g/mol. The second-order valence-corrected chi connectivity index (χ2v) is 5.46. The summed E-state index contributed by atoms with van der Waals surface area (Å²) in [5.74, 6) is 0. The van der Waals surface area contributed by atoms with Crippen molar-refractivity contribution in [3.63, 3.8) is 0 Å². The standard InChI is InChI=1S/C16H15NS/c1-11-9-10-18-16(11)15(17)14-8-4-6-12-5-2-3-7-13(12)14/h2-10,15H,17H2,1H3. The van der Waals surface area contributed by atoms with Crippen molar-refractivity contribution in [2.45, 2.75) is 13.0 Å². The molecule has 0 saturated carbocycles. The fourth-order valence-electron chi connectivity index (χ4n) is 2.37. The smallest absolute Gasteiger partial charge is 0.0654 e. The van der Waals surface area contributed by atoms with Crippen LogP contribution in [0.2, 0.25) is 0 Å². The summed E-state index contributed by atoms with van der Waals surface area (Å²) < 4.78 is 0. The molecule has 1 nitrogen and oxygen atoms in total. The Bertz CT molecular complexity index is 679. The fourth-order valence-corrected chi connectivity index (χ4v) is 3.31. The molecular weight excluding hydrogens is 238 g/mol. The van der Waals surface area contributed by atoms with Crippen LogP contribution in [0.4, 0.5) is 0 Å². The maximum absolute atomic E-state index is 6.44. The van der Waals surface area contributed by atoms with E-state index in [2.05, 4.69) is 60.8 Å². The Morgan fingerprint density at radius 1 is 1.00 bits per heavy atom. The van der Waals surface area contributed by atoms with Gasteiger partial charge in [0.2, 0.25) is 0 Å². The molecule has 0 aliphatic heterocycles. The summed E-state index contributed by atoms with van der Waals surface area (Å²) in [6.07, 6.45) is 0. The molecule has 0 amide bonds. The van der Waals surface area contributed by atoms with E-state index < -0.39 is 0 Å². The first-order chi connectivity index (χ1) is 8.77. The molecule has 2 aromatic carbocycles. The summed E-state index contributed by atoms with van der Waals surface area (Å²) in [4.78, 5) is 1.26. The molecule has 0 bridgehead atoms. The van der Waals surface area contributed by atoms with Crippen molar-refractivity contribution < 1.29 is 0 Å². The van der Waals surface area contributed by atoms with Gasteiger partial charge in [0.25, 0.3) is 0 Å². The summed E-state index contributed by atoms with van der Waals surface area (Å²) in [5, 5.41) is 4.61. The lowest BCUT2D eigenvalue weighted by Crippen LogP contribution is -2.11. The summed E-state index contributed by atoms with van der Waals surface area (Å²) in [5.41, 5.74) is 8.92. The lowest BCUT2D eigenvalue weighted by molar-refractivity contribution is 0.895. The molecule has 0 fully saturated rings. The molecular formula is C16H15NS. The highest BCUT2D eigenvalue weighted by atomic mass is 32.1. The summed E-state index contributed by atoms with van der Waals surface area (Å²) >= 11 is 1.74. The van der Waals surface area contributed by atoms with Crippen LogP contribution in [0.25, 0.3) is 10.8 Å². The molecule has 0 radical (unpaired) electrons. The minimum atomic E-state index is -0.0314. The van der Waals surface area contributed by atoms with Gasteiger partial charge in [-0.15, -0.1) is 11.3 Å². The molecule has 3 rings (SSSR count). The first kappa shape index (κ1) is 11.5. The van der Waals surface area contributed by atoms with Crippen molar-refractivity contribution in [1.29, 1.82) is 0 Å². The van der Waals surface area contributed by atoms with Gasteiger partial charge >= 0.3 is 0 Å². The fraction of sp³-hybridized carbons (Fsp3) is 0.125. The predicted octanol–water partition coefficient (Wildman–Crippen LogP) is 4.26. The molecule has 1 aromatic heterocycles. The van der Waals surface area contributed by atoms with Gasteiger partial charge in [-0.1, -0.05) is 42.5 Å². The van der Waals surface area contributed by atoms with Crippen LogP contribution in [0.15, 0.2) is 53.9 Å². The summed E-state index contributed by atoms with van der Waals surface area (Å²) in [7, 11) is 0. The number of aryl methyl sites for hydroxylation is 1. The second-order valence-electron chi connectivity index (χ2n) is 4.51. The third kappa shape index (κ3) is 1.84. The average molecular weight is 253 g/mol. The zero-order chi connectivity index (χ0) is 12.5. The minimum Gasteiger partial charge on any atom is -0.320 e. The van der Waals surface area contributed by atoms with E-state index in [1.165, 1.54) is 26.8 Å². The maximum atomic E-state index is 6.44. The Morgan fingerprint density at radius 3 is 2.56 bits per heavy atom. The normalized spacial score (nSPS) is 12.8. The zero-order valence-electron chi connectivity index (χ0n) is 10.3. The van der Waals surface area contributed by atoms with Crippen LogP contribution in [0.1, 0.15) is 22.0 Å². The lowest BCUT2D eigenvalue weighted by atomic mass is 9.97. The molecule has 1 unspecified atom stereocenters. The molecule has 0 aliphatic carbocycles. The van der Waals surface area contributed by atoms with Gasteiger partial charge < -0.3 is 5.73 Å². The number of thiophene rings is 1. The van der Waals surface area contributed by atoms with Gasteiger partial charge in [-0.2, -0.15) is 0 Å². The van der Waals surface area contributed by atoms with E-state index in [0.29, 0.717) is 0 Å². The number of hydrogen-bond donors (Lipinski definition) is 1. The Hall–Kier alpha value is -1.64. The number of benzene rings is 2. The maximum Gasteiger partial charge on any atom is 0.0654 e. The molecule has 18 heavy (non-hydrogen) atoms. The second kappa shape index (κ2) is 4.56. The van der Waals surface area contributed by atoms with Gasteiger partial charge in [-0.3, -0.25) is 0 Å². The van der Waals surface area contributed by atoms with E-state index in [9.17, 15) is 0 Å². The van der Waals surface area contributed by atoms with Gasteiger partial charge in [0.15, 0.2) is 0 Å². The molecule has 2 heteroatoms. The zero-order valence-corrected chi connectivity index (χ0v) is 11.1. The summed E-state index contributed by atoms with van der Waals surface area (Å²) in [6, 6.07) is 16.9. The van der Waals surface area contributed by atoms with Crippen molar-refractivity contribution >= 4 is 22.1 Å². The van der Waals surface area contributed by atoms with Crippen LogP contribution < -0.4 is 5.73 Å². The van der Waals surface area contributed by atoms with Gasteiger partial charge in [0.1, 0.15) is 0 Å². The molecule has 0 spiro atoms. The average Bonchev–Trinajstić information content (AvgIpc) is 2.83. The molecule has 1 heterocycles. The third-order valence-corrected chi connectivity index (χ3v) is 4.44. The van der Waals surface area contributed by atoms with E-state index in [0.717, 1.165) is 0 Å². The van der Waals surface area contributed by atoms with Crippen LogP contribution in [0.3, 0.4) is 0 Å². The highest BCUT2D eigenvalue weighted by Crippen LogP contribution is 2.31. The summed E-state index contributed by atoms with van der Waals surface area (Å²) in [6.45, 7) is 2.12. The number of fused-ring (bicyclic) bond motifs is 1. The lowest BCUT2D eigenvalue weighted by Gasteiger charge is -2.14. The van der Waals surface area contributed by atoms with Crippen molar-refractivity contribution in [1.82, 2.24) is 0 Å². The first-order valence-electron chi connectivity index (χ1n) is 6.04. The molecule has 3 aromatic rings. The minimum absolute atomic E-state index is 0.0314. The Kier molecular flexibility index (Phi) is 2.90. The van der Waals surface area contributed by atoms with Crippen molar-refractivity contribution in [2.24, 2.45) is 5.73 Å². The molecule has 1 atom stereocenters. The van der Waals surface area contributed by atoms with Crippen LogP contribution >= 0.6 is 11.3 Å². The van der Waals surface area contributed by atoms with E-state index in [1.54, 1.807) is 11.3 Å². The van der Waals surface area contributed by atoms with Gasteiger partial charge in [0, 0.05) is 4.88 Å². The first-order valence-corrected chi connectivity index (χ1v) is 6.92. The Morgan fingerprint density at radius 2 is 1.78 bits per heavy atom. The van der Waals surface area contributed by atoms with Crippen LogP contribution in [-0.4, -0.2) is 0 Å². The SMILES string of the molecule is Cc1ccsc1C(N)c1cccc2ccccc12. The predicted molar refractivity (Wildman–Crippen MR) is 79.0 cm³/mol. The van der Waals surface area contributed by atoms with E-state index in [4.69, 9.17) is 5.73 Å². The topological polar surface area (TPSA) is 26.0 Å². The van der Waals surface area contributed by atoms with Gasteiger partial charge in [0.05, 0.1) is 6.04 Å². The van der Waals surface area contributed by atoms with Gasteiger partial charge in [-0.25, -0.2) is 0 Å². The molecule has 90 valence electrons. The van der Waals surface area contributed by atoms with Crippen LogP contribution in [-0.2, 0) is 0 Å². The van der Waals surface area contributed by atoms with Crippen molar-refractivity contribution in [3.05, 3.63) is 69.9 Å². The highest BCUT2D eigenvalue weighted by molar-refractivity contribution is 7.10. The number of nitrogens with two attached hydrogens (primary N) is 1. The largest absolute Gasteiger partial charge is 0.320 e. The third-order valence-electron chi connectivity index (χ3n) is 3.34. The quantitative estimate of drug-likeness (QED) is 0.725. The van der Waals surface area contributed by atoms with E-state index in [-0.39, 0.29) is 6.04 Å². The molecule has 0 aliphatic rings. The van der Waals surface area contributed by atoms with Gasteiger partial charge in [-0.05, 0) is 40.3 Å². The highest BCUT2D eigenvalue weighted by Gasteiger charge is 2.14. The van der Waals surface area contributed by atoms with E-state index in [1.807, 2.05) is 0 Å².